The molecular formula is C5H6O2SZn. The smallest absolute Gasteiger partial charge is 0.345 e. The van der Waals surface area contributed by atoms with E-state index in [-0.39, 0.29) is 25.4 Å². The number of rotatable bonds is 1. The van der Waals surface area contributed by atoms with Crippen molar-refractivity contribution in [3.05, 3.63) is 9.81 Å². The van der Waals surface area contributed by atoms with Crippen molar-refractivity contribution in [1.82, 2.24) is 0 Å². The minimum absolute atomic E-state index is 0. The normalized spacial score (nSPS) is 14.4. The van der Waals surface area contributed by atoms with Gasteiger partial charge in [0.05, 0.1) is 7.11 Å². The van der Waals surface area contributed by atoms with Crippen molar-refractivity contribution in [2.75, 3.05) is 7.11 Å². The van der Waals surface area contributed by atoms with Crippen LogP contribution in [-0.2, 0) is 29.0 Å². The molecule has 0 atom stereocenters. The van der Waals surface area contributed by atoms with Crippen LogP contribution >= 0.6 is 11.8 Å². The molecule has 9 heavy (non-hydrogen) atoms. The maximum Gasteiger partial charge on any atom is 0.345 e. The molecule has 0 radical (unpaired) electrons. The molecule has 1 aliphatic rings. The van der Waals surface area contributed by atoms with E-state index in [1.54, 1.807) is 0 Å². The van der Waals surface area contributed by atoms with Crippen molar-refractivity contribution in [2.24, 2.45) is 0 Å². The Hall–Kier alpha value is 0.183. The maximum atomic E-state index is 10.5. The summed E-state index contributed by atoms with van der Waals surface area (Å²) in [5.41, 5.74) is 0. The van der Waals surface area contributed by atoms with Crippen molar-refractivity contribution in [3.8, 4) is 0 Å². The molecule has 0 saturated carbocycles. The molecular weight excluding hydrogens is 190 g/mol. The van der Waals surface area contributed by atoms with Crippen LogP contribution in [0.4, 0.5) is 0 Å². The van der Waals surface area contributed by atoms with Gasteiger partial charge in [-0.1, -0.05) is 11.8 Å². The van der Waals surface area contributed by atoms with E-state index in [9.17, 15) is 4.79 Å². The summed E-state index contributed by atoms with van der Waals surface area (Å²) >= 11 is 1.48. The zero-order valence-electron chi connectivity index (χ0n) is 5.43. The van der Waals surface area contributed by atoms with E-state index < -0.39 is 0 Å². The number of hydrogen-bond donors (Lipinski definition) is 0. The number of carbonyl (C=O) groups is 1. The molecule has 46 valence electrons. The zero-order valence-corrected chi connectivity index (χ0v) is 9.22. The van der Waals surface area contributed by atoms with E-state index >= 15 is 0 Å². The Kier molecular flexibility index (Phi) is 3.45. The number of hydrogen-bond acceptors (Lipinski definition) is 3. The second-order valence-corrected chi connectivity index (χ2v) is 2.70. The third-order valence-electron chi connectivity index (χ3n) is 0.904. The molecule has 0 bridgehead atoms. The van der Waals surface area contributed by atoms with E-state index in [1.165, 1.54) is 18.9 Å². The number of carbonyl (C=O) groups excluding carboxylic acids is 1. The minimum Gasteiger partial charge on any atom is -0.465 e. The van der Waals surface area contributed by atoms with Crippen LogP contribution in [0.5, 0.6) is 0 Å². The molecule has 0 aromatic carbocycles. The summed E-state index contributed by atoms with van der Waals surface area (Å²) < 4.78 is 4.43. The van der Waals surface area contributed by atoms with Crippen LogP contribution in [0.25, 0.3) is 0 Å². The Labute approximate surface area is 70.8 Å². The molecule has 2 nitrogen and oxygen atoms in total. The van der Waals surface area contributed by atoms with E-state index in [0.29, 0.717) is 0 Å². The van der Waals surface area contributed by atoms with Crippen LogP contribution in [0.15, 0.2) is 9.81 Å². The van der Waals surface area contributed by atoms with E-state index in [4.69, 9.17) is 0 Å². The molecule has 0 unspecified atom stereocenters. The van der Waals surface area contributed by atoms with Gasteiger partial charge in [0, 0.05) is 24.4 Å². The van der Waals surface area contributed by atoms with Gasteiger partial charge in [0.25, 0.3) is 0 Å². The van der Waals surface area contributed by atoms with Crippen molar-refractivity contribution < 1.29 is 29.0 Å². The van der Waals surface area contributed by atoms with Gasteiger partial charge in [-0.3, -0.25) is 0 Å². The average Bonchev–Trinajstić information content (AvgIpc) is 2.45. The van der Waals surface area contributed by atoms with Gasteiger partial charge in [0.2, 0.25) is 0 Å². The SMILES string of the molecule is COC(=O)C1=C(C)S1.[Zn]. The molecule has 0 aromatic heterocycles. The van der Waals surface area contributed by atoms with E-state index in [0.717, 1.165) is 9.81 Å². The first-order valence-electron chi connectivity index (χ1n) is 2.22. The third-order valence-corrected chi connectivity index (χ3v) is 1.89. The Morgan fingerprint density at radius 2 is 2.11 bits per heavy atom. The molecule has 0 N–H and O–H groups in total. The Morgan fingerprint density at radius 3 is 2.22 bits per heavy atom. The van der Waals surface area contributed by atoms with Crippen LogP contribution in [-0.4, -0.2) is 13.1 Å². The predicted octanol–water partition coefficient (Wildman–Crippen LogP) is 1.14. The van der Waals surface area contributed by atoms with Crippen molar-refractivity contribution in [2.45, 2.75) is 6.92 Å². The molecule has 0 spiro atoms. The minimum atomic E-state index is -0.201. The van der Waals surface area contributed by atoms with Gasteiger partial charge < -0.3 is 4.74 Å². The molecule has 1 aliphatic heterocycles. The van der Waals surface area contributed by atoms with Gasteiger partial charge in [0.1, 0.15) is 4.91 Å². The summed E-state index contributed by atoms with van der Waals surface area (Å²) in [4.78, 5) is 12.3. The fraction of sp³-hybridized carbons (Fsp3) is 0.400. The van der Waals surface area contributed by atoms with Gasteiger partial charge in [0.15, 0.2) is 0 Å². The fourth-order valence-electron chi connectivity index (χ4n) is 0.406. The largest absolute Gasteiger partial charge is 0.465 e. The number of esters is 1. The monoisotopic (exact) mass is 194 g/mol. The third kappa shape index (κ3) is 2.11. The van der Waals surface area contributed by atoms with Gasteiger partial charge in [-0.25, -0.2) is 4.79 Å². The Bertz CT molecular complexity index is 164. The molecule has 1 rings (SSSR count). The van der Waals surface area contributed by atoms with Crippen LogP contribution in [0.3, 0.4) is 0 Å². The predicted molar refractivity (Wildman–Crippen MR) is 32.3 cm³/mol. The van der Waals surface area contributed by atoms with Gasteiger partial charge >= 0.3 is 5.97 Å². The molecule has 0 saturated heterocycles. The summed E-state index contributed by atoms with van der Waals surface area (Å²) in [5, 5.41) is 0. The summed E-state index contributed by atoms with van der Waals surface area (Å²) in [6, 6.07) is 0. The second-order valence-electron chi connectivity index (χ2n) is 1.48. The standard InChI is InChI=1S/C5H6O2S.Zn/c1-3-4(8-3)5(6)7-2;/h1-2H3;. The number of methoxy groups -OCH3 is 1. The second kappa shape index (κ2) is 3.38. The Balaban J connectivity index is 0.000000640. The van der Waals surface area contributed by atoms with Gasteiger partial charge in [-0.2, -0.15) is 0 Å². The molecule has 0 fully saturated rings. The zero-order chi connectivity index (χ0) is 6.15. The van der Waals surface area contributed by atoms with E-state index in [2.05, 4.69) is 4.74 Å². The average molecular weight is 196 g/mol. The van der Waals surface area contributed by atoms with Crippen LogP contribution in [0, 0.1) is 0 Å². The number of ether oxygens (including phenoxy) is 1. The van der Waals surface area contributed by atoms with Crippen LogP contribution in [0.1, 0.15) is 6.92 Å². The summed E-state index contributed by atoms with van der Waals surface area (Å²) in [6.07, 6.45) is 0. The topological polar surface area (TPSA) is 26.3 Å². The first-order chi connectivity index (χ1) is 3.75. The van der Waals surface area contributed by atoms with Crippen LogP contribution < -0.4 is 0 Å². The van der Waals surface area contributed by atoms with Crippen LogP contribution in [0.2, 0.25) is 0 Å². The van der Waals surface area contributed by atoms with Gasteiger partial charge in [-0.05, 0) is 6.92 Å². The Morgan fingerprint density at radius 1 is 1.67 bits per heavy atom. The number of allylic oxidation sites excluding steroid dienone is 1. The summed E-state index contributed by atoms with van der Waals surface area (Å²) in [7, 11) is 1.39. The van der Waals surface area contributed by atoms with E-state index in [1.807, 2.05) is 6.92 Å². The molecule has 0 aromatic rings. The molecule has 4 heteroatoms. The van der Waals surface area contributed by atoms with Crippen molar-refractivity contribution >= 4 is 17.7 Å². The first-order valence-corrected chi connectivity index (χ1v) is 3.04. The quantitative estimate of drug-likeness (QED) is 0.464. The van der Waals surface area contributed by atoms with Crippen molar-refractivity contribution in [1.29, 1.82) is 0 Å². The van der Waals surface area contributed by atoms with Gasteiger partial charge in [-0.15, -0.1) is 0 Å². The first kappa shape index (κ1) is 9.18. The summed E-state index contributed by atoms with van der Waals surface area (Å²) in [6.45, 7) is 1.90. The molecule has 0 aliphatic carbocycles. The summed E-state index contributed by atoms with van der Waals surface area (Å²) in [5.74, 6) is -0.201. The van der Waals surface area contributed by atoms with Crippen molar-refractivity contribution in [3.63, 3.8) is 0 Å². The number of thioether (sulfide) groups is 1. The fourth-order valence-corrected chi connectivity index (χ4v) is 0.911. The maximum absolute atomic E-state index is 10.5. The molecule has 0 amide bonds. The molecule has 1 heterocycles.